The van der Waals surface area contributed by atoms with Crippen LogP contribution in [-0.4, -0.2) is 50.5 Å². The summed E-state index contributed by atoms with van der Waals surface area (Å²) in [5, 5.41) is 15.7. The first kappa shape index (κ1) is 21.2. The zero-order valence-corrected chi connectivity index (χ0v) is 18.5. The molecule has 3 heterocycles. The second-order valence-electron chi connectivity index (χ2n) is 7.44. The Morgan fingerprint density at radius 3 is 2.44 bits per heavy atom. The molecule has 0 aliphatic heterocycles. The number of benzene rings is 2. The van der Waals surface area contributed by atoms with E-state index in [-0.39, 0.29) is 12.5 Å². The number of rotatable bonds is 8. The van der Waals surface area contributed by atoms with Crippen molar-refractivity contribution < 1.29 is 14.3 Å². The summed E-state index contributed by atoms with van der Waals surface area (Å²) in [7, 11) is 1.62. The van der Waals surface area contributed by atoms with Crippen LogP contribution in [0, 0.1) is 0 Å². The molecule has 9 heteroatoms. The largest absolute Gasteiger partial charge is 0.497 e. The number of nitrogens with zero attached hydrogens (tertiary/aromatic N) is 5. The molecule has 5 aromatic rings. The summed E-state index contributed by atoms with van der Waals surface area (Å²) in [6, 6.07) is 22.3. The van der Waals surface area contributed by atoms with Crippen molar-refractivity contribution in [2.45, 2.75) is 0 Å². The molecule has 0 saturated heterocycles. The fourth-order valence-corrected chi connectivity index (χ4v) is 3.48. The van der Waals surface area contributed by atoms with Crippen molar-refractivity contribution in [3.63, 3.8) is 0 Å². The van der Waals surface area contributed by atoms with Crippen LogP contribution in [0.3, 0.4) is 0 Å². The SMILES string of the molecule is COc1ccc(-c2nnc3ccc(OCCNC(=O)c4ccc(-n5cccc5)cc4)nn23)cc1. The average molecular weight is 454 g/mol. The molecular weight excluding hydrogens is 432 g/mol. The normalized spacial score (nSPS) is 10.9. The van der Waals surface area contributed by atoms with Gasteiger partial charge in [0.2, 0.25) is 5.88 Å². The fraction of sp³-hybridized carbons (Fsp3) is 0.120. The lowest BCUT2D eigenvalue weighted by Crippen LogP contribution is -2.28. The summed E-state index contributed by atoms with van der Waals surface area (Å²) in [5.74, 6) is 1.60. The van der Waals surface area contributed by atoms with Gasteiger partial charge in [0, 0.05) is 35.3 Å². The molecule has 0 radical (unpaired) electrons. The molecule has 0 aliphatic rings. The van der Waals surface area contributed by atoms with Crippen LogP contribution in [0.5, 0.6) is 11.6 Å². The number of amides is 1. The Morgan fingerprint density at radius 2 is 1.71 bits per heavy atom. The van der Waals surface area contributed by atoms with E-state index in [9.17, 15) is 4.79 Å². The Morgan fingerprint density at radius 1 is 0.941 bits per heavy atom. The van der Waals surface area contributed by atoms with Gasteiger partial charge >= 0.3 is 0 Å². The predicted octanol–water partition coefficient (Wildman–Crippen LogP) is 3.40. The van der Waals surface area contributed by atoms with Crippen LogP contribution in [0.4, 0.5) is 0 Å². The lowest BCUT2D eigenvalue weighted by Gasteiger charge is -2.09. The Labute approximate surface area is 195 Å². The van der Waals surface area contributed by atoms with Gasteiger partial charge in [-0.15, -0.1) is 15.3 Å². The van der Waals surface area contributed by atoms with E-state index in [1.807, 2.05) is 65.5 Å². The van der Waals surface area contributed by atoms with Crippen LogP contribution >= 0.6 is 0 Å². The van der Waals surface area contributed by atoms with Gasteiger partial charge in [-0.25, -0.2) is 0 Å². The van der Waals surface area contributed by atoms with Crippen molar-refractivity contribution in [3.05, 3.63) is 90.8 Å². The minimum absolute atomic E-state index is 0.160. The first-order valence-electron chi connectivity index (χ1n) is 10.7. The van der Waals surface area contributed by atoms with Gasteiger partial charge < -0.3 is 19.4 Å². The lowest BCUT2D eigenvalue weighted by atomic mass is 10.2. The van der Waals surface area contributed by atoms with Crippen molar-refractivity contribution in [2.75, 3.05) is 20.3 Å². The van der Waals surface area contributed by atoms with E-state index in [2.05, 4.69) is 20.6 Å². The molecule has 1 N–H and O–H groups in total. The molecule has 0 bridgehead atoms. The Kier molecular flexibility index (Phi) is 5.89. The Balaban J connectivity index is 1.18. The van der Waals surface area contributed by atoms with Gasteiger partial charge in [-0.2, -0.15) is 4.52 Å². The second-order valence-corrected chi connectivity index (χ2v) is 7.44. The topological polar surface area (TPSA) is 95.6 Å². The molecule has 0 atom stereocenters. The lowest BCUT2D eigenvalue weighted by molar-refractivity contribution is 0.0946. The maximum atomic E-state index is 12.4. The molecule has 5 rings (SSSR count). The van der Waals surface area contributed by atoms with Gasteiger partial charge in [-0.05, 0) is 66.7 Å². The van der Waals surface area contributed by atoms with Gasteiger partial charge in [0.1, 0.15) is 12.4 Å². The van der Waals surface area contributed by atoms with Crippen molar-refractivity contribution in [2.24, 2.45) is 0 Å². The first-order chi connectivity index (χ1) is 16.7. The number of ether oxygens (including phenoxy) is 2. The van der Waals surface area contributed by atoms with Crippen LogP contribution in [0.25, 0.3) is 22.7 Å². The van der Waals surface area contributed by atoms with Gasteiger partial charge in [-0.3, -0.25) is 4.79 Å². The minimum atomic E-state index is -0.160. The van der Waals surface area contributed by atoms with Gasteiger partial charge in [0.15, 0.2) is 11.5 Å². The van der Waals surface area contributed by atoms with E-state index in [4.69, 9.17) is 9.47 Å². The summed E-state index contributed by atoms with van der Waals surface area (Å²) < 4.78 is 14.6. The van der Waals surface area contributed by atoms with Crippen molar-refractivity contribution in [1.82, 2.24) is 29.7 Å². The molecule has 0 spiro atoms. The zero-order valence-electron chi connectivity index (χ0n) is 18.5. The molecule has 170 valence electrons. The molecule has 1 amide bonds. The summed E-state index contributed by atoms with van der Waals surface area (Å²) in [6.07, 6.45) is 3.91. The number of carbonyl (C=O) groups excluding carboxylic acids is 1. The number of hydrogen-bond donors (Lipinski definition) is 1. The third kappa shape index (κ3) is 4.44. The fourth-order valence-electron chi connectivity index (χ4n) is 3.48. The molecule has 0 unspecified atom stereocenters. The highest BCUT2D eigenvalue weighted by molar-refractivity contribution is 5.94. The molecule has 34 heavy (non-hydrogen) atoms. The smallest absolute Gasteiger partial charge is 0.251 e. The van der Waals surface area contributed by atoms with E-state index in [0.29, 0.717) is 29.5 Å². The van der Waals surface area contributed by atoms with Gasteiger partial charge in [0.05, 0.1) is 13.7 Å². The Hall–Kier alpha value is -4.66. The molecule has 0 fully saturated rings. The maximum absolute atomic E-state index is 12.4. The minimum Gasteiger partial charge on any atom is -0.497 e. The summed E-state index contributed by atoms with van der Waals surface area (Å²) in [5.41, 5.74) is 3.04. The summed E-state index contributed by atoms with van der Waals surface area (Å²) in [6.45, 7) is 0.608. The predicted molar refractivity (Wildman–Crippen MR) is 126 cm³/mol. The summed E-state index contributed by atoms with van der Waals surface area (Å²) >= 11 is 0. The van der Waals surface area contributed by atoms with E-state index in [1.54, 1.807) is 35.9 Å². The number of methoxy groups -OCH3 is 1. The molecule has 9 nitrogen and oxygen atoms in total. The van der Waals surface area contributed by atoms with Crippen molar-refractivity contribution >= 4 is 11.6 Å². The van der Waals surface area contributed by atoms with Crippen molar-refractivity contribution in [1.29, 1.82) is 0 Å². The monoisotopic (exact) mass is 454 g/mol. The van der Waals surface area contributed by atoms with Crippen LogP contribution in [-0.2, 0) is 0 Å². The van der Waals surface area contributed by atoms with Crippen LogP contribution in [0.15, 0.2) is 85.2 Å². The van der Waals surface area contributed by atoms with Crippen LogP contribution < -0.4 is 14.8 Å². The highest BCUT2D eigenvalue weighted by atomic mass is 16.5. The van der Waals surface area contributed by atoms with E-state index < -0.39 is 0 Å². The number of fused-ring (bicyclic) bond motifs is 1. The van der Waals surface area contributed by atoms with Crippen LogP contribution in [0.1, 0.15) is 10.4 Å². The number of carbonyl (C=O) groups is 1. The Bertz CT molecular complexity index is 1390. The third-order valence-corrected chi connectivity index (χ3v) is 5.26. The molecule has 2 aromatic carbocycles. The van der Waals surface area contributed by atoms with Crippen molar-refractivity contribution in [3.8, 4) is 28.7 Å². The van der Waals surface area contributed by atoms with E-state index in [0.717, 1.165) is 17.0 Å². The second kappa shape index (κ2) is 9.45. The van der Waals surface area contributed by atoms with E-state index in [1.165, 1.54) is 0 Å². The van der Waals surface area contributed by atoms with Crippen LogP contribution in [0.2, 0.25) is 0 Å². The highest BCUT2D eigenvalue weighted by Gasteiger charge is 2.11. The quantitative estimate of drug-likeness (QED) is 0.361. The molecule has 0 aliphatic carbocycles. The molecule has 3 aromatic heterocycles. The third-order valence-electron chi connectivity index (χ3n) is 5.26. The molecular formula is C25H22N6O3. The van der Waals surface area contributed by atoms with E-state index >= 15 is 0 Å². The van der Waals surface area contributed by atoms with Gasteiger partial charge in [-0.1, -0.05) is 0 Å². The highest BCUT2D eigenvalue weighted by Crippen LogP contribution is 2.21. The number of aromatic nitrogens is 5. The maximum Gasteiger partial charge on any atom is 0.251 e. The molecule has 0 saturated carbocycles. The first-order valence-corrected chi connectivity index (χ1v) is 10.7. The zero-order chi connectivity index (χ0) is 23.3. The number of nitrogens with one attached hydrogen (secondary N) is 1. The summed E-state index contributed by atoms with van der Waals surface area (Å²) in [4.78, 5) is 12.4. The standard InChI is InChI=1S/C25H22N6O3/c1-33-21-10-6-18(7-11-21)24-28-27-22-12-13-23(29-31(22)24)34-17-14-26-25(32)19-4-8-20(9-5-19)30-15-2-3-16-30/h2-13,15-16H,14,17H2,1H3,(H,26,32). The number of hydrogen-bond acceptors (Lipinski definition) is 6. The van der Waals surface area contributed by atoms with Gasteiger partial charge in [0.25, 0.3) is 5.91 Å². The average Bonchev–Trinajstić information content (AvgIpc) is 3.57.